The van der Waals surface area contributed by atoms with Crippen molar-refractivity contribution >= 4 is 5.91 Å². The van der Waals surface area contributed by atoms with E-state index < -0.39 is 18.8 Å². The summed E-state index contributed by atoms with van der Waals surface area (Å²) in [5.74, 6) is -1.32. The number of alkyl halides is 2. The fourth-order valence-electron chi connectivity index (χ4n) is 1.71. The highest BCUT2D eigenvalue weighted by Crippen LogP contribution is 2.19. The lowest BCUT2D eigenvalue weighted by Crippen LogP contribution is -2.22. The van der Waals surface area contributed by atoms with E-state index in [0.717, 1.165) is 12.5 Å². The van der Waals surface area contributed by atoms with Crippen molar-refractivity contribution in [1.29, 1.82) is 0 Å². The van der Waals surface area contributed by atoms with Crippen molar-refractivity contribution in [3.63, 3.8) is 0 Å². The summed E-state index contributed by atoms with van der Waals surface area (Å²) in [6.45, 7) is 3.14. The van der Waals surface area contributed by atoms with Crippen molar-refractivity contribution in [2.24, 2.45) is 0 Å². The van der Waals surface area contributed by atoms with Gasteiger partial charge in [-0.1, -0.05) is 26.3 Å². The lowest BCUT2D eigenvalue weighted by atomic mass is 10.2. The quantitative estimate of drug-likeness (QED) is 0.758. The van der Waals surface area contributed by atoms with Crippen LogP contribution in [-0.4, -0.2) is 30.0 Å². The molecule has 0 saturated heterocycles. The molecule has 1 amide bonds. The van der Waals surface area contributed by atoms with E-state index in [2.05, 4.69) is 15.0 Å². The molecule has 2 aromatic rings. The molecule has 0 aliphatic heterocycles. The molecular formula is C19H23F3N3O2-. The highest BCUT2D eigenvalue weighted by atomic mass is 19.3. The van der Waals surface area contributed by atoms with E-state index in [9.17, 15) is 18.0 Å². The second-order valence-electron chi connectivity index (χ2n) is 5.69. The van der Waals surface area contributed by atoms with Crippen molar-refractivity contribution in [3.05, 3.63) is 65.4 Å². The summed E-state index contributed by atoms with van der Waals surface area (Å²) in [5, 5.41) is 2.62. The minimum absolute atomic E-state index is 0.104. The summed E-state index contributed by atoms with van der Waals surface area (Å²) in [5.41, 5.74) is 7.75. The van der Waals surface area contributed by atoms with E-state index in [0.29, 0.717) is 11.1 Å². The zero-order valence-electron chi connectivity index (χ0n) is 15.2. The number of hydrogen-bond acceptors (Lipinski definition) is 3. The molecule has 0 fully saturated rings. The third kappa shape index (κ3) is 9.05. The van der Waals surface area contributed by atoms with Crippen molar-refractivity contribution in [2.45, 2.75) is 39.3 Å². The lowest BCUT2D eigenvalue weighted by Gasteiger charge is -2.09. The maximum Gasteiger partial charge on any atom is 0.272 e. The Hall–Kier alpha value is -2.61. The van der Waals surface area contributed by atoms with Gasteiger partial charge in [-0.05, 0) is 29.8 Å². The summed E-state index contributed by atoms with van der Waals surface area (Å²) in [6.07, 6.45) is 1.28. The van der Waals surface area contributed by atoms with E-state index >= 15 is 0 Å². The molecule has 0 radical (unpaired) electrons. The summed E-state index contributed by atoms with van der Waals surface area (Å²) < 4.78 is 42.3. The molecule has 2 rings (SSSR count). The van der Waals surface area contributed by atoms with Gasteiger partial charge in [-0.2, -0.15) is 0 Å². The Balaban J connectivity index is 0.000000646. The molecule has 0 saturated carbocycles. The number of pyridine rings is 1. The molecule has 8 heteroatoms. The molecule has 27 heavy (non-hydrogen) atoms. The minimum Gasteiger partial charge on any atom is -0.675 e. The largest absolute Gasteiger partial charge is 0.675 e. The maximum absolute atomic E-state index is 13.7. The Morgan fingerprint density at radius 3 is 2.41 bits per heavy atom. The Morgan fingerprint density at radius 1 is 1.26 bits per heavy atom. The van der Waals surface area contributed by atoms with Crippen LogP contribution in [-0.2, 0) is 6.54 Å². The first kappa shape index (κ1) is 22.4. The van der Waals surface area contributed by atoms with Crippen LogP contribution in [0.4, 0.5) is 13.2 Å². The van der Waals surface area contributed by atoms with Gasteiger partial charge in [-0.15, -0.1) is 6.04 Å². The average molecular weight is 382 g/mol. The van der Waals surface area contributed by atoms with Gasteiger partial charge in [0.25, 0.3) is 12.3 Å². The first-order valence-electron chi connectivity index (χ1n) is 8.42. The number of aromatic nitrogens is 1. The van der Waals surface area contributed by atoms with Crippen LogP contribution >= 0.6 is 0 Å². The highest BCUT2D eigenvalue weighted by molar-refractivity contribution is 5.93. The lowest BCUT2D eigenvalue weighted by molar-refractivity contribution is 0.0798. The molecular weight excluding hydrogens is 359 g/mol. The monoisotopic (exact) mass is 382 g/mol. The van der Waals surface area contributed by atoms with Gasteiger partial charge >= 0.3 is 0 Å². The smallest absolute Gasteiger partial charge is 0.272 e. The topological polar surface area (TPSA) is 75.0 Å². The van der Waals surface area contributed by atoms with Crippen molar-refractivity contribution < 1.29 is 22.7 Å². The predicted molar refractivity (Wildman–Crippen MR) is 97.4 cm³/mol. The highest BCUT2D eigenvalue weighted by Gasteiger charge is 2.10. The van der Waals surface area contributed by atoms with Gasteiger partial charge in [0.1, 0.15) is 6.61 Å². The second kappa shape index (κ2) is 11.9. The molecule has 1 aromatic heterocycles. The van der Waals surface area contributed by atoms with Crippen LogP contribution in [0.25, 0.3) is 5.73 Å². The molecule has 0 aliphatic rings. The number of amides is 1. The molecule has 0 aliphatic carbocycles. The van der Waals surface area contributed by atoms with Gasteiger partial charge in [-0.25, -0.2) is 13.2 Å². The standard InChI is InChI=1S/C15H13F3N2O2.C4H10N/c16-12-7-10(1-2-13(12)22-9-14(17)18)8-20-15(21)11-3-5-19-6-4-11;1-3-4(2)5/h1-7,14H,8-9H2,(H,20,21);4-5H,3H2,1-2H3/q;-1. The fraction of sp³-hybridized carbons (Fsp3) is 0.368. The fourth-order valence-corrected chi connectivity index (χ4v) is 1.71. The molecule has 1 aromatic carbocycles. The zero-order chi connectivity index (χ0) is 20.2. The van der Waals surface area contributed by atoms with Gasteiger partial charge in [0.05, 0.1) is 0 Å². The number of rotatable bonds is 7. The number of nitrogens with one attached hydrogen (secondary N) is 2. The van der Waals surface area contributed by atoms with Crippen LogP contribution in [0.3, 0.4) is 0 Å². The third-order valence-electron chi connectivity index (χ3n) is 3.37. The third-order valence-corrected chi connectivity index (χ3v) is 3.37. The molecule has 1 atom stereocenters. The second-order valence-corrected chi connectivity index (χ2v) is 5.69. The molecule has 1 heterocycles. The van der Waals surface area contributed by atoms with Crippen LogP contribution in [0.5, 0.6) is 5.75 Å². The van der Waals surface area contributed by atoms with Crippen LogP contribution in [0.2, 0.25) is 0 Å². The molecule has 1 unspecified atom stereocenters. The summed E-state index contributed by atoms with van der Waals surface area (Å²) in [6, 6.07) is 7.12. The predicted octanol–water partition coefficient (Wildman–Crippen LogP) is 4.63. The van der Waals surface area contributed by atoms with Crippen molar-refractivity contribution in [2.75, 3.05) is 6.61 Å². The molecule has 2 N–H and O–H groups in total. The molecule has 148 valence electrons. The van der Waals surface area contributed by atoms with Gasteiger partial charge in [0.2, 0.25) is 0 Å². The minimum atomic E-state index is -2.67. The van der Waals surface area contributed by atoms with E-state index in [-0.39, 0.29) is 24.2 Å². The number of ether oxygens (including phenoxy) is 1. The van der Waals surface area contributed by atoms with Crippen LogP contribution < -0.4 is 10.1 Å². The van der Waals surface area contributed by atoms with E-state index in [1.54, 1.807) is 12.1 Å². The Labute approximate surface area is 156 Å². The number of carbonyl (C=O) groups is 1. The summed E-state index contributed by atoms with van der Waals surface area (Å²) in [7, 11) is 0. The van der Waals surface area contributed by atoms with E-state index in [1.807, 2.05) is 13.8 Å². The van der Waals surface area contributed by atoms with Gasteiger partial charge in [-0.3, -0.25) is 9.78 Å². The molecule has 5 nitrogen and oxygen atoms in total. The number of carbonyl (C=O) groups excluding carboxylic acids is 1. The first-order valence-corrected chi connectivity index (χ1v) is 8.42. The van der Waals surface area contributed by atoms with Crippen LogP contribution in [0.15, 0.2) is 42.7 Å². The van der Waals surface area contributed by atoms with Gasteiger partial charge < -0.3 is 15.8 Å². The van der Waals surface area contributed by atoms with Gasteiger partial charge in [0.15, 0.2) is 11.6 Å². The van der Waals surface area contributed by atoms with Crippen LogP contribution in [0, 0.1) is 5.82 Å². The number of nitrogens with zero attached hydrogens (tertiary/aromatic N) is 1. The Kier molecular flexibility index (Phi) is 9.89. The van der Waals surface area contributed by atoms with Crippen LogP contribution in [0.1, 0.15) is 36.2 Å². The molecule has 0 spiro atoms. The number of halogens is 3. The Bertz CT molecular complexity index is 698. The average Bonchev–Trinajstić information content (AvgIpc) is 2.66. The van der Waals surface area contributed by atoms with E-state index in [1.165, 1.54) is 24.5 Å². The number of benzene rings is 1. The first-order chi connectivity index (χ1) is 12.8. The van der Waals surface area contributed by atoms with E-state index in [4.69, 9.17) is 5.73 Å². The normalized spacial score (nSPS) is 11.4. The Morgan fingerprint density at radius 2 is 1.89 bits per heavy atom. The maximum atomic E-state index is 13.7. The van der Waals surface area contributed by atoms with Crippen molar-refractivity contribution in [3.8, 4) is 5.75 Å². The summed E-state index contributed by atoms with van der Waals surface area (Å²) >= 11 is 0. The summed E-state index contributed by atoms with van der Waals surface area (Å²) in [4.78, 5) is 15.6. The SMILES string of the molecule is CCC(C)[NH-].O=C(NCc1ccc(OCC(F)F)c(F)c1)c1ccncc1. The zero-order valence-corrected chi connectivity index (χ0v) is 15.2. The van der Waals surface area contributed by atoms with Crippen molar-refractivity contribution in [1.82, 2.24) is 10.3 Å². The number of hydrogen-bond donors (Lipinski definition) is 1. The van der Waals surface area contributed by atoms with Gasteiger partial charge in [0, 0.05) is 24.5 Å². The molecule has 0 bridgehead atoms.